The Morgan fingerprint density at radius 3 is 1.54 bits per heavy atom. The Bertz CT molecular complexity index is 143. The lowest BCUT2D eigenvalue weighted by molar-refractivity contribution is 0.0989. The van der Waals surface area contributed by atoms with Gasteiger partial charge in [-0.3, -0.25) is 0 Å². The molecule has 1 rings (SSSR count). The summed E-state index contributed by atoms with van der Waals surface area (Å²) in [7, 11) is 0. The van der Waals surface area contributed by atoms with Crippen LogP contribution >= 0.6 is 0 Å². The van der Waals surface area contributed by atoms with Gasteiger partial charge in [0.15, 0.2) is 0 Å². The highest BCUT2D eigenvalue weighted by atomic mass is 14.7. The fourth-order valence-electron chi connectivity index (χ4n) is 2.93. The van der Waals surface area contributed by atoms with E-state index in [1.807, 2.05) is 0 Å². The van der Waals surface area contributed by atoms with E-state index >= 15 is 0 Å². The summed E-state index contributed by atoms with van der Waals surface area (Å²) in [6, 6.07) is 0.425. The van der Waals surface area contributed by atoms with E-state index in [0.717, 1.165) is 0 Å². The van der Waals surface area contributed by atoms with Crippen molar-refractivity contribution in [1.82, 2.24) is 0 Å². The van der Waals surface area contributed by atoms with Crippen LogP contribution in [0.5, 0.6) is 0 Å². The van der Waals surface area contributed by atoms with E-state index in [2.05, 4.69) is 40.9 Å². The van der Waals surface area contributed by atoms with Crippen molar-refractivity contribution in [3.8, 4) is 0 Å². The maximum atomic E-state index is 5.99. The van der Waals surface area contributed by atoms with E-state index in [9.17, 15) is 0 Å². The van der Waals surface area contributed by atoms with Crippen LogP contribution in [0.2, 0.25) is 0 Å². The minimum Gasteiger partial charge on any atom is -0.328 e. The molecule has 0 unspecified atom stereocenters. The molecule has 1 nitrogen and oxygen atoms in total. The Labute approximate surface area is 83.4 Å². The van der Waals surface area contributed by atoms with Gasteiger partial charge in [0.1, 0.15) is 0 Å². The van der Waals surface area contributed by atoms with Gasteiger partial charge in [-0.15, -0.1) is 13.2 Å². The topological polar surface area (TPSA) is 26.0 Å². The van der Waals surface area contributed by atoms with Crippen molar-refractivity contribution in [1.29, 1.82) is 0 Å². The van der Waals surface area contributed by atoms with Crippen molar-refractivity contribution in [3.05, 3.63) is 13.2 Å². The quantitative estimate of drug-likeness (QED) is 0.573. The monoisotopic (exact) mass is 183 g/mol. The zero-order chi connectivity index (χ0) is 10.7. The van der Waals surface area contributed by atoms with Gasteiger partial charge in [0, 0.05) is 6.04 Å². The van der Waals surface area contributed by atoms with Crippen molar-refractivity contribution in [2.45, 2.75) is 53.0 Å². The Hall–Kier alpha value is -0.300. The lowest BCUT2D eigenvalue weighted by Gasteiger charge is -2.43. The van der Waals surface area contributed by atoms with E-state index in [1.54, 1.807) is 0 Å². The van der Waals surface area contributed by atoms with Gasteiger partial charge in [0.05, 0.1) is 0 Å². The fraction of sp³-hybridized carbons (Fsp3) is 0.833. The van der Waals surface area contributed by atoms with Crippen LogP contribution in [0.3, 0.4) is 0 Å². The van der Waals surface area contributed by atoms with E-state index < -0.39 is 0 Å². The predicted molar refractivity (Wildman–Crippen MR) is 60.6 cm³/mol. The SMILES string of the molecule is C=C.CC1(C)CC(N)CC(C)(C)C1. The maximum Gasteiger partial charge on any atom is 0.00489 e. The molecule has 1 heteroatoms. The largest absolute Gasteiger partial charge is 0.328 e. The van der Waals surface area contributed by atoms with Crippen molar-refractivity contribution in [3.63, 3.8) is 0 Å². The van der Waals surface area contributed by atoms with Gasteiger partial charge in [-0.1, -0.05) is 27.7 Å². The Kier molecular flexibility index (Phi) is 4.18. The Morgan fingerprint density at radius 2 is 1.31 bits per heavy atom. The van der Waals surface area contributed by atoms with Crippen molar-refractivity contribution in [2.75, 3.05) is 0 Å². The van der Waals surface area contributed by atoms with Gasteiger partial charge < -0.3 is 5.73 Å². The molecule has 0 radical (unpaired) electrons. The highest BCUT2D eigenvalue weighted by Gasteiger charge is 2.36. The van der Waals surface area contributed by atoms with E-state index in [1.165, 1.54) is 19.3 Å². The summed E-state index contributed by atoms with van der Waals surface area (Å²) in [5.41, 5.74) is 6.90. The molecule has 0 aromatic rings. The van der Waals surface area contributed by atoms with Gasteiger partial charge in [0.2, 0.25) is 0 Å². The molecule has 0 saturated heterocycles. The molecule has 0 bridgehead atoms. The number of hydrogen-bond acceptors (Lipinski definition) is 1. The van der Waals surface area contributed by atoms with Gasteiger partial charge in [-0.2, -0.15) is 0 Å². The molecule has 0 aromatic heterocycles. The molecule has 1 aliphatic rings. The zero-order valence-electron chi connectivity index (χ0n) is 9.69. The third kappa shape index (κ3) is 4.47. The first-order chi connectivity index (χ1) is 5.81. The summed E-state index contributed by atoms with van der Waals surface area (Å²) in [5, 5.41) is 0. The van der Waals surface area contributed by atoms with Crippen molar-refractivity contribution in [2.24, 2.45) is 16.6 Å². The molecule has 1 fully saturated rings. The second-order valence-corrected chi connectivity index (χ2v) is 5.67. The molecule has 0 spiro atoms. The number of hydrogen-bond donors (Lipinski definition) is 1. The lowest BCUT2D eigenvalue weighted by Crippen LogP contribution is -2.40. The molecular formula is C12H25N. The average molecular weight is 183 g/mol. The Balaban J connectivity index is 0.000000671. The van der Waals surface area contributed by atoms with Gasteiger partial charge in [-0.25, -0.2) is 0 Å². The molecule has 0 aromatic carbocycles. The van der Waals surface area contributed by atoms with E-state index in [0.29, 0.717) is 16.9 Å². The standard InChI is InChI=1S/C10H21N.C2H4/c1-9(2)5-8(11)6-10(3,4)7-9;1-2/h8H,5-7,11H2,1-4H3;1-2H2. The third-order valence-corrected chi connectivity index (χ3v) is 2.59. The second-order valence-electron chi connectivity index (χ2n) is 5.67. The van der Waals surface area contributed by atoms with Crippen LogP contribution < -0.4 is 5.73 Å². The molecule has 0 atom stereocenters. The number of nitrogens with two attached hydrogens (primary N) is 1. The highest BCUT2D eigenvalue weighted by Crippen LogP contribution is 2.44. The lowest BCUT2D eigenvalue weighted by atomic mass is 9.64. The maximum absolute atomic E-state index is 5.99. The first kappa shape index (κ1) is 12.7. The summed E-state index contributed by atoms with van der Waals surface area (Å²) >= 11 is 0. The van der Waals surface area contributed by atoms with Crippen molar-refractivity contribution < 1.29 is 0 Å². The van der Waals surface area contributed by atoms with Crippen LogP contribution in [0, 0.1) is 10.8 Å². The number of rotatable bonds is 0. The zero-order valence-corrected chi connectivity index (χ0v) is 9.69. The van der Waals surface area contributed by atoms with Crippen LogP contribution in [0.1, 0.15) is 47.0 Å². The van der Waals surface area contributed by atoms with Crippen molar-refractivity contribution >= 4 is 0 Å². The molecule has 1 aliphatic carbocycles. The molecule has 2 N–H and O–H groups in total. The summed E-state index contributed by atoms with van der Waals surface area (Å²) in [6.45, 7) is 15.3. The van der Waals surface area contributed by atoms with Gasteiger partial charge in [-0.05, 0) is 30.1 Å². The van der Waals surface area contributed by atoms with Crippen LogP contribution in [0.25, 0.3) is 0 Å². The second kappa shape index (κ2) is 4.28. The van der Waals surface area contributed by atoms with E-state index in [-0.39, 0.29) is 0 Å². The first-order valence-corrected chi connectivity index (χ1v) is 5.06. The molecule has 0 heterocycles. The minimum atomic E-state index is 0.425. The summed E-state index contributed by atoms with van der Waals surface area (Å²) in [6.07, 6.45) is 3.70. The average Bonchev–Trinajstić information content (AvgIpc) is 1.82. The molecule has 1 saturated carbocycles. The van der Waals surface area contributed by atoms with Crippen LogP contribution in [-0.2, 0) is 0 Å². The van der Waals surface area contributed by atoms with Gasteiger partial charge in [0.25, 0.3) is 0 Å². The van der Waals surface area contributed by atoms with Crippen LogP contribution in [-0.4, -0.2) is 6.04 Å². The minimum absolute atomic E-state index is 0.425. The summed E-state index contributed by atoms with van der Waals surface area (Å²) in [4.78, 5) is 0. The van der Waals surface area contributed by atoms with E-state index in [4.69, 9.17) is 5.73 Å². The normalized spacial score (nSPS) is 25.9. The third-order valence-electron chi connectivity index (χ3n) is 2.59. The summed E-state index contributed by atoms with van der Waals surface area (Å²) < 4.78 is 0. The smallest absolute Gasteiger partial charge is 0.00489 e. The molecule has 78 valence electrons. The fourth-order valence-corrected chi connectivity index (χ4v) is 2.93. The molecule has 0 amide bonds. The summed E-state index contributed by atoms with van der Waals surface area (Å²) in [5.74, 6) is 0. The van der Waals surface area contributed by atoms with Crippen LogP contribution in [0.15, 0.2) is 13.2 Å². The van der Waals surface area contributed by atoms with Crippen LogP contribution in [0.4, 0.5) is 0 Å². The molecule has 0 aliphatic heterocycles. The first-order valence-electron chi connectivity index (χ1n) is 5.06. The Morgan fingerprint density at radius 1 is 1.00 bits per heavy atom. The van der Waals surface area contributed by atoms with Gasteiger partial charge >= 0.3 is 0 Å². The highest BCUT2D eigenvalue weighted by molar-refractivity contribution is 4.90. The predicted octanol–water partition coefficient (Wildman–Crippen LogP) is 3.35. The molecular weight excluding hydrogens is 158 g/mol. The molecule has 13 heavy (non-hydrogen) atoms.